The SMILES string of the molecule is CC(C)CC(NC(=O)CN1C(=O)C(C)Oc2ccccc21)c1ccccc1. The summed E-state index contributed by atoms with van der Waals surface area (Å²) in [5.41, 5.74) is 1.71. The van der Waals surface area contributed by atoms with Crippen molar-refractivity contribution in [2.45, 2.75) is 39.3 Å². The number of rotatable bonds is 6. The number of benzene rings is 2. The lowest BCUT2D eigenvalue weighted by Crippen LogP contribution is -2.49. The molecule has 3 rings (SSSR count). The molecular formula is C22H26N2O3. The summed E-state index contributed by atoms with van der Waals surface area (Å²) in [5, 5.41) is 3.10. The Kier molecular flexibility index (Phi) is 5.79. The van der Waals surface area contributed by atoms with E-state index in [1.807, 2.05) is 48.5 Å². The molecule has 1 N–H and O–H groups in total. The van der Waals surface area contributed by atoms with Crippen molar-refractivity contribution in [1.82, 2.24) is 5.32 Å². The molecule has 2 aromatic rings. The van der Waals surface area contributed by atoms with E-state index in [4.69, 9.17) is 4.74 Å². The lowest BCUT2D eigenvalue weighted by molar-refractivity contribution is -0.128. The van der Waals surface area contributed by atoms with E-state index in [0.29, 0.717) is 17.4 Å². The first-order valence-corrected chi connectivity index (χ1v) is 9.37. The first-order chi connectivity index (χ1) is 13.0. The maximum Gasteiger partial charge on any atom is 0.268 e. The average molecular weight is 366 g/mol. The Morgan fingerprint density at radius 1 is 1.11 bits per heavy atom. The van der Waals surface area contributed by atoms with E-state index >= 15 is 0 Å². The second kappa shape index (κ2) is 8.25. The van der Waals surface area contributed by atoms with Crippen LogP contribution in [0.25, 0.3) is 0 Å². The summed E-state index contributed by atoms with van der Waals surface area (Å²) in [4.78, 5) is 26.9. The number of amides is 2. The highest BCUT2D eigenvalue weighted by molar-refractivity contribution is 6.03. The van der Waals surface area contributed by atoms with Gasteiger partial charge in [-0.1, -0.05) is 56.3 Å². The monoisotopic (exact) mass is 366 g/mol. The van der Waals surface area contributed by atoms with Crippen LogP contribution in [0.2, 0.25) is 0 Å². The highest BCUT2D eigenvalue weighted by Crippen LogP contribution is 2.33. The molecule has 0 saturated heterocycles. The Labute approximate surface area is 160 Å². The van der Waals surface area contributed by atoms with Crippen molar-refractivity contribution in [3.8, 4) is 5.75 Å². The molecule has 0 radical (unpaired) electrons. The van der Waals surface area contributed by atoms with Crippen LogP contribution in [0.3, 0.4) is 0 Å². The summed E-state index contributed by atoms with van der Waals surface area (Å²) in [6, 6.07) is 17.2. The number of hydrogen-bond donors (Lipinski definition) is 1. The van der Waals surface area contributed by atoms with Gasteiger partial charge in [0.2, 0.25) is 5.91 Å². The molecule has 1 aliphatic rings. The molecular weight excluding hydrogens is 340 g/mol. The van der Waals surface area contributed by atoms with Gasteiger partial charge in [0, 0.05) is 0 Å². The third-order valence-electron chi connectivity index (χ3n) is 4.62. The number of nitrogens with one attached hydrogen (secondary N) is 1. The number of anilines is 1. The highest BCUT2D eigenvalue weighted by atomic mass is 16.5. The summed E-state index contributed by atoms with van der Waals surface area (Å²) < 4.78 is 5.64. The van der Waals surface area contributed by atoms with Gasteiger partial charge in [0.1, 0.15) is 12.3 Å². The van der Waals surface area contributed by atoms with Crippen LogP contribution in [-0.2, 0) is 9.59 Å². The van der Waals surface area contributed by atoms with Gasteiger partial charge in [-0.05, 0) is 37.0 Å². The topological polar surface area (TPSA) is 58.6 Å². The molecule has 142 valence electrons. The van der Waals surface area contributed by atoms with Crippen molar-refractivity contribution in [3.63, 3.8) is 0 Å². The van der Waals surface area contributed by atoms with Crippen LogP contribution in [0.1, 0.15) is 38.8 Å². The van der Waals surface area contributed by atoms with Crippen molar-refractivity contribution >= 4 is 17.5 Å². The molecule has 2 aromatic carbocycles. The molecule has 0 aliphatic carbocycles. The third-order valence-corrected chi connectivity index (χ3v) is 4.62. The van der Waals surface area contributed by atoms with Crippen LogP contribution >= 0.6 is 0 Å². The first kappa shape index (κ1) is 19.0. The first-order valence-electron chi connectivity index (χ1n) is 9.37. The minimum absolute atomic E-state index is 0.0228. The lowest BCUT2D eigenvalue weighted by atomic mass is 9.97. The minimum atomic E-state index is -0.603. The fraction of sp³-hybridized carbons (Fsp3) is 0.364. The summed E-state index contributed by atoms with van der Waals surface area (Å²) in [7, 11) is 0. The van der Waals surface area contributed by atoms with E-state index in [1.54, 1.807) is 13.0 Å². The van der Waals surface area contributed by atoms with Gasteiger partial charge in [-0.2, -0.15) is 0 Å². The van der Waals surface area contributed by atoms with Crippen LogP contribution in [0, 0.1) is 5.92 Å². The number of nitrogens with zero attached hydrogens (tertiary/aromatic N) is 1. The van der Waals surface area contributed by atoms with Gasteiger partial charge in [0.25, 0.3) is 5.91 Å². The number of fused-ring (bicyclic) bond motifs is 1. The van der Waals surface area contributed by atoms with Gasteiger partial charge >= 0.3 is 0 Å². The van der Waals surface area contributed by atoms with Crippen LogP contribution in [0.5, 0.6) is 5.75 Å². The van der Waals surface area contributed by atoms with Crippen LogP contribution in [-0.4, -0.2) is 24.5 Å². The average Bonchev–Trinajstić information content (AvgIpc) is 2.65. The quantitative estimate of drug-likeness (QED) is 0.848. The maximum atomic E-state index is 12.8. The zero-order valence-electron chi connectivity index (χ0n) is 16.0. The molecule has 1 aliphatic heterocycles. The molecule has 5 heteroatoms. The van der Waals surface area contributed by atoms with E-state index in [-0.39, 0.29) is 24.4 Å². The van der Waals surface area contributed by atoms with Crippen molar-refractivity contribution in [3.05, 3.63) is 60.2 Å². The van der Waals surface area contributed by atoms with E-state index in [2.05, 4.69) is 19.2 Å². The fourth-order valence-electron chi connectivity index (χ4n) is 3.34. The largest absolute Gasteiger partial charge is 0.479 e. The Morgan fingerprint density at radius 2 is 1.78 bits per heavy atom. The number of hydrogen-bond acceptors (Lipinski definition) is 3. The highest BCUT2D eigenvalue weighted by Gasteiger charge is 2.32. The zero-order valence-corrected chi connectivity index (χ0v) is 16.0. The van der Waals surface area contributed by atoms with Gasteiger partial charge in [-0.3, -0.25) is 14.5 Å². The van der Waals surface area contributed by atoms with Crippen LogP contribution < -0.4 is 15.0 Å². The van der Waals surface area contributed by atoms with Gasteiger partial charge in [-0.25, -0.2) is 0 Å². The summed E-state index contributed by atoms with van der Waals surface area (Å²) in [6.45, 7) is 5.94. The summed E-state index contributed by atoms with van der Waals surface area (Å²) in [5.74, 6) is 0.672. The Balaban J connectivity index is 1.76. The molecule has 1 heterocycles. The Bertz CT molecular complexity index is 804. The molecule has 2 unspecified atom stereocenters. The normalized spacial score (nSPS) is 17.3. The van der Waals surface area contributed by atoms with Gasteiger partial charge in [-0.15, -0.1) is 0 Å². The molecule has 2 amide bonds. The fourth-order valence-corrected chi connectivity index (χ4v) is 3.34. The van der Waals surface area contributed by atoms with Crippen molar-refractivity contribution in [1.29, 1.82) is 0 Å². The van der Waals surface area contributed by atoms with E-state index in [9.17, 15) is 9.59 Å². The van der Waals surface area contributed by atoms with Crippen LogP contribution in [0.4, 0.5) is 5.69 Å². The van der Waals surface area contributed by atoms with Gasteiger partial charge in [0.05, 0.1) is 11.7 Å². The number of carbonyl (C=O) groups excluding carboxylic acids is 2. The molecule has 0 bridgehead atoms. The lowest BCUT2D eigenvalue weighted by Gasteiger charge is -2.33. The zero-order chi connectivity index (χ0) is 19.4. The molecule has 0 aromatic heterocycles. The summed E-state index contributed by atoms with van der Waals surface area (Å²) >= 11 is 0. The number of para-hydroxylation sites is 2. The van der Waals surface area contributed by atoms with Crippen LogP contribution in [0.15, 0.2) is 54.6 Å². The molecule has 0 fully saturated rings. The van der Waals surface area contributed by atoms with Gasteiger partial charge in [0.15, 0.2) is 6.10 Å². The smallest absolute Gasteiger partial charge is 0.268 e. The Morgan fingerprint density at radius 3 is 2.48 bits per heavy atom. The molecule has 2 atom stereocenters. The minimum Gasteiger partial charge on any atom is -0.479 e. The predicted octanol–water partition coefficient (Wildman–Crippen LogP) is 3.70. The third kappa shape index (κ3) is 4.48. The van der Waals surface area contributed by atoms with E-state index in [1.165, 1.54) is 4.90 Å². The number of carbonyl (C=O) groups is 2. The second-order valence-corrected chi connectivity index (χ2v) is 7.31. The maximum absolute atomic E-state index is 12.8. The second-order valence-electron chi connectivity index (χ2n) is 7.31. The van der Waals surface area contributed by atoms with E-state index < -0.39 is 6.10 Å². The molecule has 0 saturated carbocycles. The predicted molar refractivity (Wildman–Crippen MR) is 106 cm³/mol. The summed E-state index contributed by atoms with van der Waals surface area (Å²) in [6.07, 6.45) is 0.230. The van der Waals surface area contributed by atoms with Gasteiger partial charge < -0.3 is 10.1 Å². The molecule has 27 heavy (non-hydrogen) atoms. The van der Waals surface area contributed by atoms with Crippen molar-refractivity contribution in [2.75, 3.05) is 11.4 Å². The van der Waals surface area contributed by atoms with Crippen molar-refractivity contribution < 1.29 is 14.3 Å². The van der Waals surface area contributed by atoms with Crippen molar-refractivity contribution in [2.24, 2.45) is 5.92 Å². The number of ether oxygens (including phenoxy) is 1. The molecule has 0 spiro atoms. The molecule has 5 nitrogen and oxygen atoms in total. The Hall–Kier alpha value is -2.82. The standard InChI is InChI=1S/C22H26N2O3/c1-15(2)13-18(17-9-5-4-6-10-17)23-21(25)14-24-19-11-7-8-12-20(19)27-16(3)22(24)26/h4-12,15-16,18H,13-14H2,1-3H3,(H,23,25). The van der Waals surface area contributed by atoms with E-state index in [0.717, 1.165) is 12.0 Å².